The second-order valence-corrected chi connectivity index (χ2v) is 3.47. The highest BCUT2D eigenvalue weighted by atomic mass is 16.3. The van der Waals surface area contributed by atoms with Crippen LogP contribution in [0.4, 0.5) is 0 Å². The van der Waals surface area contributed by atoms with E-state index in [2.05, 4.69) is 5.32 Å². The molecule has 0 aromatic rings. The van der Waals surface area contributed by atoms with Gasteiger partial charge in [-0.2, -0.15) is 0 Å². The van der Waals surface area contributed by atoms with Gasteiger partial charge in [0, 0.05) is 12.0 Å². The van der Waals surface area contributed by atoms with Gasteiger partial charge in [-0.05, 0) is 25.7 Å². The lowest BCUT2D eigenvalue weighted by Gasteiger charge is -2.25. The van der Waals surface area contributed by atoms with Crippen LogP contribution in [-0.2, 0) is 9.59 Å². The molecule has 0 radical (unpaired) electrons. The molecule has 1 fully saturated rings. The van der Waals surface area contributed by atoms with E-state index in [-0.39, 0.29) is 17.9 Å². The van der Waals surface area contributed by atoms with Crippen molar-refractivity contribution in [3.05, 3.63) is 0 Å². The van der Waals surface area contributed by atoms with E-state index >= 15 is 0 Å². The lowest BCUT2D eigenvalue weighted by molar-refractivity contribution is -0.124. The molecule has 13 heavy (non-hydrogen) atoms. The SMILES string of the molecule is O=CC1CCC(NC(=O)CO)CC1. The summed E-state index contributed by atoms with van der Waals surface area (Å²) in [5.41, 5.74) is 0. The van der Waals surface area contributed by atoms with Gasteiger partial charge in [0.1, 0.15) is 12.9 Å². The molecular weight excluding hydrogens is 170 g/mol. The molecule has 4 nitrogen and oxygen atoms in total. The highest BCUT2D eigenvalue weighted by Crippen LogP contribution is 2.22. The minimum Gasteiger partial charge on any atom is -0.387 e. The quantitative estimate of drug-likeness (QED) is 0.601. The van der Waals surface area contributed by atoms with Crippen LogP contribution in [0.2, 0.25) is 0 Å². The first-order chi connectivity index (χ1) is 6.26. The maximum atomic E-state index is 10.8. The van der Waals surface area contributed by atoms with Gasteiger partial charge in [0.25, 0.3) is 0 Å². The zero-order chi connectivity index (χ0) is 9.68. The third-order valence-corrected chi connectivity index (χ3v) is 2.47. The summed E-state index contributed by atoms with van der Waals surface area (Å²) >= 11 is 0. The van der Waals surface area contributed by atoms with Gasteiger partial charge in [-0.1, -0.05) is 0 Å². The second-order valence-electron chi connectivity index (χ2n) is 3.47. The molecule has 0 bridgehead atoms. The van der Waals surface area contributed by atoms with Gasteiger partial charge in [-0.25, -0.2) is 0 Å². The van der Waals surface area contributed by atoms with E-state index in [1.54, 1.807) is 0 Å². The Bertz CT molecular complexity index is 185. The number of carbonyl (C=O) groups excluding carboxylic acids is 2. The van der Waals surface area contributed by atoms with Crippen LogP contribution in [0.15, 0.2) is 0 Å². The second kappa shape index (κ2) is 4.97. The summed E-state index contributed by atoms with van der Waals surface area (Å²) in [6.07, 6.45) is 4.37. The van der Waals surface area contributed by atoms with Crippen LogP contribution >= 0.6 is 0 Å². The van der Waals surface area contributed by atoms with Crippen LogP contribution < -0.4 is 5.32 Å². The number of hydrogen-bond acceptors (Lipinski definition) is 3. The molecule has 1 aliphatic rings. The van der Waals surface area contributed by atoms with E-state index in [4.69, 9.17) is 5.11 Å². The predicted molar refractivity (Wildman–Crippen MR) is 47.0 cm³/mol. The van der Waals surface area contributed by atoms with Gasteiger partial charge < -0.3 is 15.2 Å². The summed E-state index contributed by atoms with van der Waals surface area (Å²) in [6, 6.07) is 0.149. The standard InChI is InChI=1S/C9H15NO3/c11-5-7-1-3-8(4-2-7)10-9(13)6-12/h5,7-8,12H,1-4,6H2,(H,10,13). The van der Waals surface area contributed by atoms with Crippen molar-refractivity contribution in [2.45, 2.75) is 31.7 Å². The summed E-state index contributed by atoms with van der Waals surface area (Å²) in [5, 5.41) is 11.2. The molecule has 1 aliphatic carbocycles. The van der Waals surface area contributed by atoms with Crippen molar-refractivity contribution in [2.75, 3.05) is 6.61 Å². The van der Waals surface area contributed by atoms with E-state index in [1.165, 1.54) is 0 Å². The lowest BCUT2D eigenvalue weighted by Crippen LogP contribution is -2.39. The van der Waals surface area contributed by atoms with Gasteiger partial charge >= 0.3 is 0 Å². The molecule has 0 atom stereocenters. The summed E-state index contributed by atoms with van der Waals surface area (Å²) in [6.45, 7) is -0.451. The van der Waals surface area contributed by atoms with E-state index in [9.17, 15) is 9.59 Å². The van der Waals surface area contributed by atoms with Crippen LogP contribution in [0.5, 0.6) is 0 Å². The molecule has 1 amide bonds. The monoisotopic (exact) mass is 185 g/mol. The number of nitrogens with one attached hydrogen (secondary N) is 1. The average molecular weight is 185 g/mol. The first-order valence-electron chi connectivity index (χ1n) is 4.61. The molecule has 0 unspecified atom stereocenters. The minimum absolute atomic E-state index is 0.149. The maximum Gasteiger partial charge on any atom is 0.245 e. The molecule has 0 aromatic heterocycles. The number of hydrogen-bond donors (Lipinski definition) is 2. The Kier molecular flexibility index (Phi) is 3.89. The number of aldehydes is 1. The molecule has 1 rings (SSSR count). The topological polar surface area (TPSA) is 66.4 Å². The van der Waals surface area contributed by atoms with E-state index in [0.717, 1.165) is 32.0 Å². The van der Waals surface area contributed by atoms with Crippen LogP contribution in [0.3, 0.4) is 0 Å². The largest absolute Gasteiger partial charge is 0.387 e. The van der Waals surface area contributed by atoms with Gasteiger partial charge in [-0.3, -0.25) is 4.79 Å². The molecule has 0 spiro atoms. The molecular formula is C9H15NO3. The van der Waals surface area contributed by atoms with E-state index in [0.29, 0.717) is 0 Å². The Hall–Kier alpha value is -0.900. The Morgan fingerprint density at radius 1 is 1.38 bits per heavy atom. The van der Waals surface area contributed by atoms with Gasteiger partial charge in [0.2, 0.25) is 5.91 Å². The zero-order valence-corrected chi connectivity index (χ0v) is 7.53. The van der Waals surface area contributed by atoms with Gasteiger partial charge in [0.05, 0.1) is 0 Å². The summed E-state index contributed by atoms with van der Waals surface area (Å²) in [4.78, 5) is 21.2. The fraction of sp³-hybridized carbons (Fsp3) is 0.778. The number of rotatable bonds is 3. The predicted octanol–water partition coefficient (Wildman–Crippen LogP) is -0.147. The number of aliphatic hydroxyl groups excluding tert-OH is 1. The Morgan fingerprint density at radius 2 is 2.00 bits per heavy atom. The molecule has 74 valence electrons. The number of aliphatic hydroxyl groups is 1. The highest BCUT2D eigenvalue weighted by Gasteiger charge is 2.21. The van der Waals surface area contributed by atoms with Crippen molar-refractivity contribution in [1.82, 2.24) is 5.32 Å². The van der Waals surface area contributed by atoms with Crippen LogP contribution in [-0.4, -0.2) is 29.9 Å². The van der Waals surface area contributed by atoms with E-state index < -0.39 is 6.61 Å². The molecule has 0 saturated heterocycles. The molecule has 0 aromatic carbocycles. The smallest absolute Gasteiger partial charge is 0.245 e. The minimum atomic E-state index is -0.451. The van der Waals surface area contributed by atoms with Crippen LogP contribution in [0, 0.1) is 5.92 Å². The fourth-order valence-electron chi connectivity index (χ4n) is 1.67. The van der Waals surface area contributed by atoms with Crippen molar-refractivity contribution in [1.29, 1.82) is 0 Å². The van der Waals surface area contributed by atoms with Crippen molar-refractivity contribution in [3.8, 4) is 0 Å². The molecule has 0 heterocycles. The summed E-state index contributed by atoms with van der Waals surface area (Å²) in [5.74, 6) is -0.156. The van der Waals surface area contributed by atoms with E-state index in [1.807, 2.05) is 0 Å². The zero-order valence-electron chi connectivity index (χ0n) is 7.53. The van der Waals surface area contributed by atoms with Crippen molar-refractivity contribution < 1.29 is 14.7 Å². The average Bonchev–Trinajstić information content (AvgIpc) is 2.19. The number of amides is 1. The first-order valence-corrected chi connectivity index (χ1v) is 4.61. The third kappa shape index (κ3) is 3.14. The lowest BCUT2D eigenvalue weighted by atomic mass is 9.87. The third-order valence-electron chi connectivity index (χ3n) is 2.47. The number of carbonyl (C=O) groups is 2. The van der Waals surface area contributed by atoms with Crippen LogP contribution in [0.1, 0.15) is 25.7 Å². The molecule has 0 aliphatic heterocycles. The van der Waals surface area contributed by atoms with Crippen molar-refractivity contribution in [2.24, 2.45) is 5.92 Å². The Balaban J connectivity index is 2.24. The van der Waals surface area contributed by atoms with Crippen LogP contribution in [0.25, 0.3) is 0 Å². The van der Waals surface area contributed by atoms with Gasteiger partial charge in [-0.15, -0.1) is 0 Å². The maximum absolute atomic E-state index is 10.8. The Labute approximate surface area is 77.3 Å². The normalized spacial score (nSPS) is 28.1. The first kappa shape index (κ1) is 10.2. The molecule has 1 saturated carbocycles. The molecule has 4 heteroatoms. The van der Waals surface area contributed by atoms with Crippen molar-refractivity contribution >= 4 is 12.2 Å². The highest BCUT2D eigenvalue weighted by molar-refractivity contribution is 5.77. The van der Waals surface area contributed by atoms with Gasteiger partial charge in [0.15, 0.2) is 0 Å². The van der Waals surface area contributed by atoms with Crippen molar-refractivity contribution in [3.63, 3.8) is 0 Å². The summed E-state index contributed by atoms with van der Waals surface area (Å²) < 4.78 is 0. The fourth-order valence-corrected chi connectivity index (χ4v) is 1.67. The Morgan fingerprint density at radius 3 is 2.46 bits per heavy atom. The summed E-state index contributed by atoms with van der Waals surface area (Å²) in [7, 11) is 0. The molecule has 2 N–H and O–H groups in total.